The molecular formula is C46H30N6. The van der Waals surface area contributed by atoms with E-state index in [-0.39, 0.29) is 0 Å². The van der Waals surface area contributed by atoms with Crippen LogP contribution in [0.1, 0.15) is 0 Å². The Kier molecular flexibility index (Phi) is 7.03. The fraction of sp³-hybridized carbons (Fsp3) is 0. The molecule has 0 fully saturated rings. The topological polar surface area (TPSA) is 59.7 Å². The summed E-state index contributed by atoms with van der Waals surface area (Å²) in [6.45, 7) is 0. The zero-order valence-electron chi connectivity index (χ0n) is 28.0. The van der Waals surface area contributed by atoms with Gasteiger partial charge in [-0.1, -0.05) is 109 Å². The molecule has 3 heterocycles. The van der Waals surface area contributed by atoms with E-state index in [4.69, 9.17) is 19.9 Å². The lowest BCUT2D eigenvalue weighted by Crippen LogP contribution is -2.09. The highest BCUT2D eigenvalue weighted by Crippen LogP contribution is 2.37. The number of aromatic nitrogens is 5. The second-order valence-corrected chi connectivity index (χ2v) is 12.8. The van der Waals surface area contributed by atoms with Crippen molar-refractivity contribution in [1.29, 1.82) is 0 Å². The fourth-order valence-corrected chi connectivity index (χ4v) is 7.17. The molecule has 0 unspecified atom stereocenters. The van der Waals surface area contributed by atoms with Gasteiger partial charge in [0.1, 0.15) is 0 Å². The predicted octanol–water partition coefficient (Wildman–Crippen LogP) is 11.5. The summed E-state index contributed by atoms with van der Waals surface area (Å²) in [6, 6.07) is 60.7. The van der Waals surface area contributed by atoms with Crippen molar-refractivity contribution < 1.29 is 0 Å². The number of hydrogen-bond donors (Lipinski definition) is 0. The number of hydrogen-bond acceptors (Lipinski definition) is 5. The smallest absolute Gasteiger partial charge is 0.237 e. The predicted molar refractivity (Wildman–Crippen MR) is 213 cm³/mol. The van der Waals surface area contributed by atoms with Crippen LogP contribution in [-0.4, -0.2) is 24.5 Å². The lowest BCUT2D eigenvalue weighted by molar-refractivity contribution is 0.994. The van der Waals surface area contributed by atoms with Gasteiger partial charge >= 0.3 is 0 Å². The number of rotatable bonds is 6. The third-order valence-corrected chi connectivity index (χ3v) is 9.64. The molecule has 0 radical (unpaired) electrons. The van der Waals surface area contributed by atoms with Gasteiger partial charge in [-0.25, -0.2) is 19.9 Å². The number of nitrogens with zero attached hydrogens (tertiary/aromatic N) is 6. The highest BCUT2D eigenvalue weighted by Gasteiger charge is 2.20. The molecule has 0 spiro atoms. The van der Waals surface area contributed by atoms with Crippen molar-refractivity contribution in [1.82, 2.24) is 24.5 Å². The van der Waals surface area contributed by atoms with Gasteiger partial charge in [-0.3, -0.25) is 4.57 Å². The molecule has 244 valence electrons. The molecule has 0 saturated heterocycles. The molecule has 0 bridgehead atoms. The van der Waals surface area contributed by atoms with Crippen molar-refractivity contribution in [2.24, 2.45) is 0 Å². The van der Waals surface area contributed by atoms with Gasteiger partial charge in [0, 0.05) is 50.5 Å². The number of anilines is 3. The third kappa shape index (κ3) is 5.05. The number of fused-ring (bicyclic) bond motifs is 5. The maximum absolute atomic E-state index is 5.30. The Morgan fingerprint density at radius 3 is 1.83 bits per heavy atom. The van der Waals surface area contributed by atoms with Crippen LogP contribution in [0.4, 0.5) is 17.1 Å². The summed E-state index contributed by atoms with van der Waals surface area (Å²) < 4.78 is 2.08. The molecule has 6 heteroatoms. The molecule has 52 heavy (non-hydrogen) atoms. The molecule has 0 aliphatic heterocycles. The van der Waals surface area contributed by atoms with Gasteiger partial charge in [0.05, 0.1) is 16.7 Å². The summed E-state index contributed by atoms with van der Waals surface area (Å²) in [6.07, 6.45) is 1.93. The second-order valence-electron chi connectivity index (χ2n) is 12.8. The van der Waals surface area contributed by atoms with Crippen molar-refractivity contribution >= 4 is 60.7 Å². The van der Waals surface area contributed by atoms with E-state index >= 15 is 0 Å². The molecule has 0 atom stereocenters. The summed E-state index contributed by atoms with van der Waals surface area (Å²) in [5.41, 5.74) is 8.64. The van der Waals surface area contributed by atoms with E-state index in [1.807, 2.05) is 42.6 Å². The van der Waals surface area contributed by atoms with Crippen LogP contribution < -0.4 is 4.90 Å². The second kappa shape index (κ2) is 12.3. The molecule has 0 aliphatic carbocycles. The first-order valence-electron chi connectivity index (χ1n) is 17.3. The molecule has 0 aliphatic rings. The Bertz CT molecular complexity index is 2860. The SMILES string of the molecule is c1ccc(N(c2ccccc2)c2ccc(-c3ncc4c5ccccc5n(-c5nc(-c6ccc7ccccc7c6)c6ccccc6n5)c4n3)cc2)cc1. The van der Waals surface area contributed by atoms with Crippen LogP contribution in [-0.2, 0) is 0 Å². The Morgan fingerprint density at radius 1 is 0.442 bits per heavy atom. The van der Waals surface area contributed by atoms with Crippen molar-refractivity contribution in [3.05, 3.63) is 182 Å². The first-order valence-corrected chi connectivity index (χ1v) is 17.3. The molecule has 0 N–H and O–H groups in total. The molecular weight excluding hydrogens is 637 g/mol. The minimum atomic E-state index is 0.564. The lowest BCUT2D eigenvalue weighted by atomic mass is 10.0. The lowest BCUT2D eigenvalue weighted by Gasteiger charge is -2.25. The van der Waals surface area contributed by atoms with E-state index in [0.29, 0.717) is 11.8 Å². The van der Waals surface area contributed by atoms with Crippen LogP contribution in [0.15, 0.2) is 182 Å². The van der Waals surface area contributed by atoms with Crippen LogP contribution in [0.5, 0.6) is 0 Å². The Labute approximate surface area is 300 Å². The summed E-state index contributed by atoms with van der Waals surface area (Å²) in [4.78, 5) is 22.8. The van der Waals surface area contributed by atoms with Crippen molar-refractivity contribution in [3.63, 3.8) is 0 Å². The van der Waals surface area contributed by atoms with Crippen LogP contribution in [0, 0.1) is 0 Å². The number of para-hydroxylation sites is 4. The average Bonchev–Trinajstić information content (AvgIpc) is 3.55. The van der Waals surface area contributed by atoms with E-state index in [1.165, 1.54) is 10.8 Å². The normalized spacial score (nSPS) is 11.5. The van der Waals surface area contributed by atoms with E-state index in [9.17, 15) is 0 Å². The minimum Gasteiger partial charge on any atom is -0.311 e. The van der Waals surface area contributed by atoms with E-state index in [0.717, 1.165) is 66.7 Å². The molecule has 10 aromatic rings. The average molecular weight is 667 g/mol. The van der Waals surface area contributed by atoms with E-state index in [2.05, 4.69) is 149 Å². The van der Waals surface area contributed by atoms with Gasteiger partial charge in [0.25, 0.3) is 0 Å². The first kappa shape index (κ1) is 29.7. The zero-order valence-corrected chi connectivity index (χ0v) is 28.0. The molecule has 6 nitrogen and oxygen atoms in total. The van der Waals surface area contributed by atoms with E-state index < -0.39 is 0 Å². The molecule has 0 amide bonds. The summed E-state index contributed by atoms with van der Waals surface area (Å²) in [7, 11) is 0. The Hall–Kier alpha value is -7.18. The van der Waals surface area contributed by atoms with Gasteiger partial charge in [0.15, 0.2) is 11.5 Å². The summed E-state index contributed by atoms with van der Waals surface area (Å²) >= 11 is 0. The minimum absolute atomic E-state index is 0.564. The molecule has 3 aromatic heterocycles. The van der Waals surface area contributed by atoms with Crippen LogP contribution in [0.2, 0.25) is 0 Å². The monoisotopic (exact) mass is 666 g/mol. The quantitative estimate of drug-likeness (QED) is 0.177. The summed E-state index contributed by atoms with van der Waals surface area (Å²) in [5, 5.41) is 5.35. The largest absolute Gasteiger partial charge is 0.311 e. The molecule has 0 saturated carbocycles. The molecule has 10 rings (SSSR count). The van der Waals surface area contributed by atoms with Crippen LogP contribution in [0.25, 0.3) is 72.2 Å². The summed E-state index contributed by atoms with van der Waals surface area (Å²) in [5.74, 6) is 1.19. The maximum Gasteiger partial charge on any atom is 0.237 e. The van der Waals surface area contributed by atoms with Gasteiger partial charge in [-0.15, -0.1) is 0 Å². The molecule has 7 aromatic carbocycles. The fourth-order valence-electron chi connectivity index (χ4n) is 7.17. The van der Waals surface area contributed by atoms with Crippen molar-refractivity contribution in [2.45, 2.75) is 0 Å². The van der Waals surface area contributed by atoms with Gasteiger partial charge in [0.2, 0.25) is 5.95 Å². The maximum atomic E-state index is 5.30. The van der Waals surface area contributed by atoms with Gasteiger partial charge in [-0.2, -0.15) is 0 Å². The highest BCUT2D eigenvalue weighted by molar-refractivity contribution is 6.08. The third-order valence-electron chi connectivity index (χ3n) is 9.64. The Morgan fingerprint density at radius 2 is 1.06 bits per heavy atom. The zero-order chi connectivity index (χ0) is 34.4. The van der Waals surface area contributed by atoms with Crippen LogP contribution >= 0.6 is 0 Å². The van der Waals surface area contributed by atoms with Gasteiger partial charge < -0.3 is 4.90 Å². The van der Waals surface area contributed by atoms with Crippen LogP contribution in [0.3, 0.4) is 0 Å². The number of benzene rings is 7. The van der Waals surface area contributed by atoms with Crippen molar-refractivity contribution in [3.8, 4) is 28.6 Å². The standard InChI is InChI=1S/C46H30N6/c1-3-15-35(16-4-1)51(36-17-5-2-6-18-36)37-27-25-32(26-28-37)44-47-30-40-38-19-10-12-22-42(38)52(45(40)50-44)46-48-41-21-11-9-20-39(41)43(49-46)34-24-23-31-13-7-8-14-33(31)29-34/h1-30H. The van der Waals surface area contributed by atoms with E-state index in [1.54, 1.807) is 0 Å². The first-order chi connectivity index (χ1) is 25.8. The highest BCUT2D eigenvalue weighted by atomic mass is 15.2. The Balaban J connectivity index is 1.13. The van der Waals surface area contributed by atoms with Gasteiger partial charge in [-0.05, 0) is 77.5 Å². The van der Waals surface area contributed by atoms with Crippen molar-refractivity contribution in [2.75, 3.05) is 4.90 Å².